The van der Waals surface area contributed by atoms with Gasteiger partial charge in [-0.25, -0.2) is 4.79 Å². The number of nitrogens with zero attached hydrogens (tertiary/aromatic N) is 1. The van der Waals surface area contributed by atoms with Gasteiger partial charge in [-0.1, -0.05) is 12.1 Å². The van der Waals surface area contributed by atoms with Gasteiger partial charge in [-0.05, 0) is 29.8 Å². The molecule has 0 aliphatic heterocycles. The Morgan fingerprint density at radius 3 is 2.90 bits per heavy atom. The summed E-state index contributed by atoms with van der Waals surface area (Å²) in [5, 5.41) is 2.80. The maximum atomic E-state index is 11.9. The zero-order valence-electron chi connectivity index (χ0n) is 11.6. The molecular weight excluding hydrogens is 256 g/mol. The predicted octanol–water partition coefficient (Wildman–Crippen LogP) is 2.63. The van der Waals surface area contributed by atoms with Crippen molar-refractivity contribution >= 4 is 6.03 Å². The lowest BCUT2D eigenvalue weighted by molar-refractivity contribution is 0.205. The molecule has 5 nitrogen and oxygen atoms in total. The molecule has 0 saturated carbocycles. The molecule has 2 amide bonds. The van der Waals surface area contributed by atoms with Gasteiger partial charge < -0.3 is 19.4 Å². The molecule has 0 spiro atoms. The third kappa shape index (κ3) is 3.78. The summed E-state index contributed by atoms with van der Waals surface area (Å²) >= 11 is 0. The summed E-state index contributed by atoms with van der Waals surface area (Å²) in [5.41, 5.74) is 1.01. The lowest BCUT2D eigenvalue weighted by atomic mass is 10.2. The van der Waals surface area contributed by atoms with Crippen LogP contribution in [0.25, 0.3) is 0 Å². The van der Waals surface area contributed by atoms with Crippen LogP contribution in [0, 0.1) is 0 Å². The van der Waals surface area contributed by atoms with Crippen LogP contribution in [0.4, 0.5) is 4.79 Å². The van der Waals surface area contributed by atoms with Gasteiger partial charge in [-0.2, -0.15) is 0 Å². The first kappa shape index (κ1) is 14.0. The number of amides is 2. The van der Waals surface area contributed by atoms with Crippen LogP contribution in [0.1, 0.15) is 11.3 Å². The van der Waals surface area contributed by atoms with Gasteiger partial charge in [-0.3, -0.25) is 0 Å². The van der Waals surface area contributed by atoms with Gasteiger partial charge in [0.1, 0.15) is 11.5 Å². The van der Waals surface area contributed by atoms with Crippen LogP contribution in [0.2, 0.25) is 0 Å². The van der Waals surface area contributed by atoms with Crippen LogP contribution in [-0.2, 0) is 13.1 Å². The Hall–Kier alpha value is -2.43. The standard InChI is InChI=1S/C15H18N2O3/c1-17(11-12-5-3-6-13(9-12)19-2)15(18)16-10-14-7-4-8-20-14/h3-9H,10-11H2,1-2H3,(H,16,18). The number of benzene rings is 1. The van der Waals surface area contributed by atoms with Crippen LogP contribution >= 0.6 is 0 Å². The molecule has 2 rings (SSSR count). The van der Waals surface area contributed by atoms with E-state index in [1.54, 1.807) is 31.4 Å². The Morgan fingerprint density at radius 2 is 2.20 bits per heavy atom. The maximum absolute atomic E-state index is 11.9. The number of hydrogen-bond acceptors (Lipinski definition) is 3. The second-order valence-corrected chi connectivity index (χ2v) is 4.45. The van der Waals surface area contributed by atoms with E-state index in [0.29, 0.717) is 13.1 Å². The Balaban J connectivity index is 1.86. The minimum atomic E-state index is -0.149. The first-order valence-corrected chi connectivity index (χ1v) is 6.33. The van der Waals surface area contributed by atoms with Crippen LogP contribution in [0.5, 0.6) is 5.75 Å². The molecular formula is C15H18N2O3. The van der Waals surface area contributed by atoms with Crippen LogP contribution in [-0.4, -0.2) is 25.1 Å². The number of hydrogen-bond donors (Lipinski definition) is 1. The number of furan rings is 1. The number of rotatable bonds is 5. The fourth-order valence-electron chi connectivity index (χ4n) is 1.83. The quantitative estimate of drug-likeness (QED) is 0.912. The minimum Gasteiger partial charge on any atom is -0.497 e. The SMILES string of the molecule is COc1cccc(CN(C)C(=O)NCc2ccco2)c1. The van der Waals surface area contributed by atoms with Crippen LogP contribution in [0.15, 0.2) is 47.1 Å². The molecule has 0 bridgehead atoms. The minimum absolute atomic E-state index is 0.149. The molecule has 0 unspecified atom stereocenters. The van der Waals surface area contributed by atoms with E-state index in [9.17, 15) is 4.79 Å². The molecule has 0 atom stereocenters. The van der Waals surface area contributed by atoms with Crippen molar-refractivity contribution in [1.29, 1.82) is 0 Å². The summed E-state index contributed by atoms with van der Waals surface area (Å²) in [6, 6.07) is 11.1. The summed E-state index contributed by atoms with van der Waals surface area (Å²) in [6.45, 7) is 0.898. The highest BCUT2D eigenvalue weighted by atomic mass is 16.5. The smallest absolute Gasteiger partial charge is 0.317 e. The van der Waals surface area contributed by atoms with Crippen molar-refractivity contribution in [2.24, 2.45) is 0 Å². The normalized spacial score (nSPS) is 10.1. The van der Waals surface area contributed by atoms with Gasteiger partial charge in [-0.15, -0.1) is 0 Å². The maximum Gasteiger partial charge on any atom is 0.317 e. The molecule has 1 aromatic carbocycles. The van der Waals surface area contributed by atoms with Gasteiger partial charge >= 0.3 is 6.03 Å². The zero-order valence-corrected chi connectivity index (χ0v) is 11.6. The predicted molar refractivity (Wildman–Crippen MR) is 75.4 cm³/mol. The Morgan fingerprint density at radius 1 is 1.35 bits per heavy atom. The van der Waals surface area contributed by atoms with E-state index >= 15 is 0 Å². The largest absolute Gasteiger partial charge is 0.497 e. The van der Waals surface area contributed by atoms with E-state index in [4.69, 9.17) is 9.15 Å². The van der Waals surface area contributed by atoms with E-state index in [1.807, 2.05) is 30.3 Å². The average molecular weight is 274 g/mol. The summed E-state index contributed by atoms with van der Waals surface area (Å²) in [5.74, 6) is 1.51. The highest BCUT2D eigenvalue weighted by molar-refractivity contribution is 5.73. The van der Waals surface area contributed by atoms with Crippen molar-refractivity contribution in [3.63, 3.8) is 0 Å². The van der Waals surface area contributed by atoms with E-state index in [2.05, 4.69) is 5.32 Å². The topological polar surface area (TPSA) is 54.7 Å². The number of urea groups is 1. The zero-order chi connectivity index (χ0) is 14.4. The number of ether oxygens (including phenoxy) is 1. The summed E-state index contributed by atoms with van der Waals surface area (Å²) in [4.78, 5) is 13.5. The van der Waals surface area contributed by atoms with Crippen molar-refractivity contribution < 1.29 is 13.9 Å². The molecule has 106 valence electrons. The highest BCUT2D eigenvalue weighted by Gasteiger charge is 2.09. The second kappa shape index (κ2) is 6.65. The molecule has 0 saturated heterocycles. The lowest BCUT2D eigenvalue weighted by Gasteiger charge is -2.18. The number of carbonyl (C=O) groups excluding carboxylic acids is 1. The molecule has 1 aromatic heterocycles. The summed E-state index contributed by atoms with van der Waals surface area (Å²) in [7, 11) is 3.37. The molecule has 1 N–H and O–H groups in total. The van der Waals surface area contributed by atoms with Crippen molar-refractivity contribution in [1.82, 2.24) is 10.2 Å². The van der Waals surface area contributed by atoms with Gasteiger partial charge in [0, 0.05) is 13.6 Å². The third-order valence-electron chi connectivity index (χ3n) is 2.89. The Kier molecular flexibility index (Phi) is 4.65. The van der Waals surface area contributed by atoms with Crippen LogP contribution < -0.4 is 10.1 Å². The number of nitrogens with one attached hydrogen (secondary N) is 1. The van der Waals surface area contributed by atoms with Gasteiger partial charge in [0.25, 0.3) is 0 Å². The fraction of sp³-hybridized carbons (Fsp3) is 0.267. The van der Waals surface area contributed by atoms with Gasteiger partial charge in [0.2, 0.25) is 0 Å². The monoisotopic (exact) mass is 274 g/mol. The van der Waals surface area contributed by atoms with Gasteiger partial charge in [0.05, 0.1) is 19.9 Å². The molecule has 0 fully saturated rings. The van der Waals surface area contributed by atoms with E-state index in [-0.39, 0.29) is 6.03 Å². The van der Waals surface area contributed by atoms with Crippen molar-refractivity contribution in [2.45, 2.75) is 13.1 Å². The molecule has 0 radical (unpaired) electrons. The highest BCUT2D eigenvalue weighted by Crippen LogP contribution is 2.13. The van der Waals surface area contributed by atoms with Crippen molar-refractivity contribution in [2.75, 3.05) is 14.2 Å². The Labute approximate surface area is 118 Å². The lowest BCUT2D eigenvalue weighted by Crippen LogP contribution is -2.36. The van der Waals surface area contributed by atoms with Gasteiger partial charge in [0.15, 0.2) is 0 Å². The molecule has 2 aromatic rings. The van der Waals surface area contributed by atoms with Crippen molar-refractivity contribution in [3.05, 3.63) is 54.0 Å². The molecule has 1 heterocycles. The number of methoxy groups -OCH3 is 1. The molecule has 0 aliphatic rings. The van der Waals surface area contributed by atoms with Crippen molar-refractivity contribution in [3.8, 4) is 5.75 Å². The Bertz CT molecular complexity index is 552. The third-order valence-corrected chi connectivity index (χ3v) is 2.89. The van der Waals surface area contributed by atoms with Crippen LogP contribution in [0.3, 0.4) is 0 Å². The summed E-state index contributed by atoms with van der Waals surface area (Å²) in [6.07, 6.45) is 1.58. The average Bonchev–Trinajstić information content (AvgIpc) is 2.98. The number of carbonyl (C=O) groups is 1. The van der Waals surface area contributed by atoms with E-state index in [1.165, 1.54) is 0 Å². The van der Waals surface area contributed by atoms with E-state index in [0.717, 1.165) is 17.1 Å². The summed E-state index contributed by atoms with van der Waals surface area (Å²) < 4.78 is 10.3. The first-order valence-electron chi connectivity index (χ1n) is 6.33. The first-order chi connectivity index (χ1) is 9.69. The van der Waals surface area contributed by atoms with E-state index < -0.39 is 0 Å². The fourth-order valence-corrected chi connectivity index (χ4v) is 1.83. The molecule has 20 heavy (non-hydrogen) atoms. The second-order valence-electron chi connectivity index (χ2n) is 4.45. The molecule has 5 heteroatoms. The molecule has 0 aliphatic carbocycles.